The van der Waals surface area contributed by atoms with E-state index in [9.17, 15) is 9.59 Å². The Balaban J connectivity index is 2.15. The lowest BCUT2D eigenvalue weighted by Crippen LogP contribution is -2.36. The zero-order valence-electron chi connectivity index (χ0n) is 9.54. The molecular formula is C11H18N2O3. The molecule has 0 aliphatic heterocycles. The summed E-state index contributed by atoms with van der Waals surface area (Å²) in [6.07, 6.45) is 6.22. The molecule has 0 aromatic rings. The predicted molar refractivity (Wildman–Crippen MR) is 59.7 cm³/mol. The van der Waals surface area contributed by atoms with Crippen molar-refractivity contribution in [1.29, 1.82) is 0 Å². The summed E-state index contributed by atoms with van der Waals surface area (Å²) in [5.41, 5.74) is 1.26. The Morgan fingerprint density at radius 2 is 2.06 bits per heavy atom. The van der Waals surface area contributed by atoms with Gasteiger partial charge in [-0.15, -0.1) is 0 Å². The SMILES string of the molecule is CCOC(=O)CNC(=O)NC=C1CCCC1. The molecule has 1 aliphatic rings. The zero-order chi connectivity index (χ0) is 11.8. The van der Waals surface area contributed by atoms with Gasteiger partial charge in [-0.25, -0.2) is 4.79 Å². The maximum atomic E-state index is 11.2. The molecule has 0 saturated heterocycles. The van der Waals surface area contributed by atoms with E-state index in [1.807, 2.05) is 0 Å². The first-order valence-corrected chi connectivity index (χ1v) is 5.60. The third kappa shape index (κ3) is 4.82. The van der Waals surface area contributed by atoms with Crippen LogP contribution in [-0.4, -0.2) is 25.2 Å². The second kappa shape index (κ2) is 6.87. The van der Waals surface area contributed by atoms with Crippen LogP contribution in [0.2, 0.25) is 0 Å². The smallest absolute Gasteiger partial charge is 0.325 e. The molecule has 0 spiro atoms. The number of rotatable bonds is 4. The summed E-state index contributed by atoms with van der Waals surface area (Å²) in [4.78, 5) is 22.2. The van der Waals surface area contributed by atoms with Crippen molar-refractivity contribution in [2.24, 2.45) is 0 Å². The minimum absolute atomic E-state index is 0.0944. The van der Waals surface area contributed by atoms with Gasteiger partial charge in [0.1, 0.15) is 6.54 Å². The summed E-state index contributed by atoms with van der Waals surface area (Å²) in [5.74, 6) is -0.425. The fourth-order valence-electron chi connectivity index (χ4n) is 1.56. The van der Waals surface area contributed by atoms with Gasteiger partial charge in [0, 0.05) is 6.20 Å². The van der Waals surface area contributed by atoms with Crippen molar-refractivity contribution in [3.8, 4) is 0 Å². The van der Waals surface area contributed by atoms with Gasteiger partial charge in [0.2, 0.25) is 0 Å². The van der Waals surface area contributed by atoms with Crippen LogP contribution in [0, 0.1) is 0 Å². The van der Waals surface area contributed by atoms with Crippen molar-refractivity contribution in [2.75, 3.05) is 13.2 Å². The molecule has 16 heavy (non-hydrogen) atoms. The molecule has 2 N–H and O–H groups in total. The van der Waals surface area contributed by atoms with Gasteiger partial charge in [0.05, 0.1) is 6.61 Å². The lowest BCUT2D eigenvalue weighted by Gasteiger charge is -2.04. The Labute approximate surface area is 95.2 Å². The van der Waals surface area contributed by atoms with Crippen molar-refractivity contribution >= 4 is 12.0 Å². The highest BCUT2D eigenvalue weighted by molar-refractivity contribution is 5.81. The molecule has 90 valence electrons. The van der Waals surface area contributed by atoms with Crippen LogP contribution in [0.15, 0.2) is 11.8 Å². The predicted octanol–water partition coefficient (Wildman–Crippen LogP) is 1.31. The topological polar surface area (TPSA) is 67.4 Å². The first kappa shape index (κ1) is 12.5. The number of urea groups is 1. The number of carbonyl (C=O) groups excluding carboxylic acids is 2. The first-order valence-electron chi connectivity index (χ1n) is 5.60. The normalized spacial score (nSPS) is 14.4. The number of ether oxygens (including phenoxy) is 1. The van der Waals surface area contributed by atoms with Crippen molar-refractivity contribution in [1.82, 2.24) is 10.6 Å². The van der Waals surface area contributed by atoms with E-state index in [0.29, 0.717) is 6.61 Å². The molecule has 0 unspecified atom stereocenters. The molecule has 0 aromatic heterocycles. The maximum absolute atomic E-state index is 11.2. The lowest BCUT2D eigenvalue weighted by atomic mass is 10.2. The Kier molecular flexibility index (Phi) is 5.39. The number of esters is 1. The van der Waals surface area contributed by atoms with E-state index in [0.717, 1.165) is 12.8 Å². The molecular weight excluding hydrogens is 208 g/mol. The number of amides is 2. The third-order valence-corrected chi connectivity index (χ3v) is 2.35. The molecule has 5 nitrogen and oxygen atoms in total. The Hall–Kier alpha value is -1.52. The molecule has 0 atom stereocenters. The van der Waals surface area contributed by atoms with Gasteiger partial charge in [0.15, 0.2) is 0 Å². The average Bonchev–Trinajstić information content (AvgIpc) is 2.77. The summed E-state index contributed by atoms with van der Waals surface area (Å²) in [6, 6.07) is -0.368. The molecule has 1 saturated carbocycles. The summed E-state index contributed by atoms with van der Waals surface area (Å²) >= 11 is 0. The van der Waals surface area contributed by atoms with Crippen molar-refractivity contribution in [3.05, 3.63) is 11.8 Å². The monoisotopic (exact) mass is 226 g/mol. The van der Waals surface area contributed by atoms with Gasteiger partial charge in [-0.3, -0.25) is 4.79 Å². The van der Waals surface area contributed by atoms with Crippen LogP contribution in [0.5, 0.6) is 0 Å². The van der Waals surface area contributed by atoms with Gasteiger partial charge in [-0.05, 0) is 32.6 Å². The van der Waals surface area contributed by atoms with Crippen molar-refractivity contribution in [3.63, 3.8) is 0 Å². The molecule has 5 heteroatoms. The summed E-state index contributed by atoms with van der Waals surface area (Å²) in [7, 11) is 0. The van der Waals surface area contributed by atoms with Crippen molar-refractivity contribution in [2.45, 2.75) is 32.6 Å². The van der Waals surface area contributed by atoms with E-state index in [1.165, 1.54) is 18.4 Å². The third-order valence-electron chi connectivity index (χ3n) is 2.35. The van der Waals surface area contributed by atoms with Gasteiger partial charge < -0.3 is 15.4 Å². The van der Waals surface area contributed by atoms with Crippen LogP contribution in [-0.2, 0) is 9.53 Å². The fraction of sp³-hybridized carbons (Fsp3) is 0.636. The van der Waals surface area contributed by atoms with Gasteiger partial charge in [-0.2, -0.15) is 0 Å². The van der Waals surface area contributed by atoms with Crippen LogP contribution < -0.4 is 10.6 Å². The summed E-state index contributed by atoms with van der Waals surface area (Å²) in [5, 5.41) is 5.02. The molecule has 1 rings (SSSR count). The quantitative estimate of drug-likeness (QED) is 0.710. The first-order chi connectivity index (χ1) is 7.72. The van der Waals surface area contributed by atoms with E-state index >= 15 is 0 Å². The summed E-state index contributed by atoms with van der Waals surface area (Å²) < 4.78 is 4.67. The number of allylic oxidation sites excluding steroid dienone is 1. The Morgan fingerprint density at radius 1 is 1.38 bits per heavy atom. The van der Waals surface area contributed by atoms with Crippen LogP contribution in [0.4, 0.5) is 4.79 Å². The number of carbonyl (C=O) groups is 2. The highest BCUT2D eigenvalue weighted by Gasteiger charge is 2.07. The average molecular weight is 226 g/mol. The molecule has 0 aromatic carbocycles. The number of hydrogen-bond acceptors (Lipinski definition) is 3. The van der Waals surface area contributed by atoms with E-state index < -0.39 is 5.97 Å². The molecule has 0 radical (unpaired) electrons. The van der Waals surface area contributed by atoms with Gasteiger partial charge in [0.25, 0.3) is 0 Å². The maximum Gasteiger partial charge on any atom is 0.325 e. The van der Waals surface area contributed by atoms with Crippen LogP contribution in [0.25, 0.3) is 0 Å². The Morgan fingerprint density at radius 3 is 2.69 bits per heavy atom. The van der Waals surface area contributed by atoms with Crippen LogP contribution in [0.3, 0.4) is 0 Å². The van der Waals surface area contributed by atoms with E-state index in [-0.39, 0.29) is 12.6 Å². The van der Waals surface area contributed by atoms with Gasteiger partial charge >= 0.3 is 12.0 Å². The minimum Gasteiger partial charge on any atom is -0.465 e. The standard InChI is InChI=1S/C11H18N2O3/c1-2-16-10(14)8-13-11(15)12-7-9-5-3-4-6-9/h7H,2-6,8H2,1H3,(H2,12,13,15). The molecule has 1 aliphatic carbocycles. The Bertz CT molecular complexity index is 279. The molecule has 2 amide bonds. The second-order valence-electron chi connectivity index (χ2n) is 3.64. The second-order valence-corrected chi connectivity index (χ2v) is 3.64. The highest BCUT2D eigenvalue weighted by atomic mass is 16.5. The van der Waals surface area contributed by atoms with Gasteiger partial charge in [-0.1, -0.05) is 5.57 Å². The minimum atomic E-state index is -0.425. The van der Waals surface area contributed by atoms with E-state index in [4.69, 9.17) is 0 Å². The van der Waals surface area contributed by atoms with Crippen molar-refractivity contribution < 1.29 is 14.3 Å². The fourth-order valence-corrected chi connectivity index (χ4v) is 1.56. The van der Waals surface area contributed by atoms with E-state index in [1.54, 1.807) is 13.1 Å². The van der Waals surface area contributed by atoms with Crippen LogP contribution >= 0.6 is 0 Å². The zero-order valence-corrected chi connectivity index (χ0v) is 9.54. The number of hydrogen-bond donors (Lipinski definition) is 2. The molecule has 0 heterocycles. The van der Waals surface area contributed by atoms with Crippen LogP contribution in [0.1, 0.15) is 32.6 Å². The number of nitrogens with one attached hydrogen (secondary N) is 2. The lowest BCUT2D eigenvalue weighted by molar-refractivity contribution is -0.141. The molecule has 1 fully saturated rings. The van der Waals surface area contributed by atoms with E-state index in [2.05, 4.69) is 15.4 Å². The summed E-state index contributed by atoms with van der Waals surface area (Å²) in [6.45, 7) is 1.96. The highest BCUT2D eigenvalue weighted by Crippen LogP contribution is 2.22. The molecule has 0 bridgehead atoms. The largest absolute Gasteiger partial charge is 0.465 e.